The van der Waals surface area contributed by atoms with Crippen molar-refractivity contribution in [3.05, 3.63) is 23.3 Å². The summed E-state index contributed by atoms with van der Waals surface area (Å²) < 4.78 is 24.1. The lowest BCUT2D eigenvalue weighted by Crippen LogP contribution is -2.24. The van der Waals surface area contributed by atoms with E-state index in [1.165, 1.54) is 25.7 Å². The molecule has 1 aliphatic heterocycles. The van der Waals surface area contributed by atoms with E-state index in [4.69, 9.17) is 0 Å². The monoisotopic (exact) mass is 339 g/mol. The average Bonchev–Trinajstić information content (AvgIpc) is 2.67. The molecule has 1 N–H and O–H groups in total. The molecule has 4 nitrogen and oxygen atoms in total. The smallest absolute Gasteiger partial charge is 0.179 e. The summed E-state index contributed by atoms with van der Waals surface area (Å²) in [5, 5.41) is 10.5. The largest absolute Gasteiger partial charge is 0.506 e. The van der Waals surface area contributed by atoms with Crippen molar-refractivity contribution in [1.29, 1.82) is 0 Å². The van der Waals surface area contributed by atoms with E-state index >= 15 is 0 Å². The Morgan fingerprint density at radius 1 is 1.09 bits per heavy atom. The van der Waals surface area contributed by atoms with E-state index in [2.05, 4.69) is 25.7 Å². The molecule has 2 rings (SSSR count). The second-order valence-electron chi connectivity index (χ2n) is 7.69. The first-order chi connectivity index (χ1) is 10.6. The number of nitrogens with zero attached hydrogens (tertiary/aromatic N) is 1. The van der Waals surface area contributed by atoms with Crippen molar-refractivity contribution < 1.29 is 13.5 Å². The van der Waals surface area contributed by atoms with Crippen molar-refractivity contribution in [2.45, 2.75) is 63.3 Å². The molecule has 0 saturated carbocycles. The number of phenols is 1. The maximum absolute atomic E-state index is 12.1. The van der Waals surface area contributed by atoms with Crippen LogP contribution in [0.4, 0.5) is 0 Å². The molecule has 23 heavy (non-hydrogen) atoms. The van der Waals surface area contributed by atoms with Crippen molar-refractivity contribution in [2.24, 2.45) is 0 Å². The van der Waals surface area contributed by atoms with Crippen molar-refractivity contribution in [1.82, 2.24) is 4.90 Å². The molecule has 0 amide bonds. The summed E-state index contributed by atoms with van der Waals surface area (Å²) >= 11 is 0. The van der Waals surface area contributed by atoms with Gasteiger partial charge < -0.3 is 5.11 Å². The summed E-state index contributed by atoms with van der Waals surface area (Å²) in [6.07, 6.45) is 5.99. The summed E-state index contributed by atoms with van der Waals surface area (Å²) in [6.45, 7) is 8.79. The van der Waals surface area contributed by atoms with E-state index < -0.39 is 9.84 Å². The van der Waals surface area contributed by atoms with Gasteiger partial charge in [-0.2, -0.15) is 0 Å². The maximum Gasteiger partial charge on any atom is 0.179 e. The highest BCUT2D eigenvalue weighted by atomic mass is 32.2. The number of sulfone groups is 1. The molecular weight excluding hydrogens is 310 g/mol. The highest BCUT2D eigenvalue weighted by Gasteiger charge is 2.24. The summed E-state index contributed by atoms with van der Waals surface area (Å²) in [5.41, 5.74) is 1.50. The van der Waals surface area contributed by atoms with Gasteiger partial charge in [0, 0.05) is 18.4 Å². The minimum absolute atomic E-state index is 0.0507. The number of hydrogen-bond donors (Lipinski definition) is 1. The fraction of sp³-hybridized carbons (Fsp3) is 0.667. The molecule has 130 valence electrons. The third kappa shape index (κ3) is 4.70. The molecule has 1 aromatic rings. The zero-order valence-electron chi connectivity index (χ0n) is 14.7. The molecule has 1 fully saturated rings. The van der Waals surface area contributed by atoms with E-state index in [1.807, 2.05) is 6.07 Å². The van der Waals surface area contributed by atoms with Crippen LogP contribution in [0.5, 0.6) is 5.75 Å². The maximum atomic E-state index is 12.1. The van der Waals surface area contributed by atoms with Crippen LogP contribution in [-0.2, 0) is 21.8 Å². The van der Waals surface area contributed by atoms with Gasteiger partial charge in [0.25, 0.3) is 0 Å². The van der Waals surface area contributed by atoms with Crippen LogP contribution in [-0.4, -0.2) is 37.8 Å². The molecular formula is C18H29NO3S. The van der Waals surface area contributed by atoms with E-state index in [1.54, 1.807) is 6.07 Å². The lowest BCUT2D eigenvalue weighted by molar-refractivity contribution is 0.271. The Labute approximate surface area is 140 Å². The van der Waals surface area contributed by atoms with Crippen molar-refractivity contribution in [3.63, 3.8) is 0 Å². The molecule has 0 aromatic heterocycles. The van der Waals surface area contributed by atoms with Gasteiger partial charge in [0.05, 0.1) is 0 Å². The second kappa shape index (κ2) is 6.81. The Balaban J connectivity index is 2.44. The molecule has 0 atom stereocenters. The molecule has 1 heterocycles. The number of hydrogen-bond acceptors (Lipinski definition) is 4. The number of rotatable bonds is 3. The summed E-state index contributed by atoms with van der Waals surface area (Å²) in [5.74, 6) is -0.0789. The Hall–Kier alpha value is -1.07. The zero-order valence-corrected chi connectivity index (χ0v) is 15.5. The van der Waals surface area contributed by atoms with E-state index in [9.17, 15) is 13.5 Å². The van der Waals surface area contributed by atoms with Gasteiger partial charge in [-0.15, -0.1) is 0 Å². The van der Waals surface area contributed by atoms with Crippen LogP contribution in [0.1, 0.15) is 57.6 Å². The summed E-state index contributed by atoms with van der Waals surface area (Å²) in [7, 11) is -3.46. The second-order valence-corrected chi connectivity index (χ2v) is 9.68. The predicted molar refractivity (Wildman–Crippen MR) is 93.7 cm³/mol. The third-order valence-corrected chi connectivity index (χ3v) is 5.62. The van der Waals surface area contributed by atoms with E-state index in [-0.39, 0.29) is 16.1 Å². The number of phenolic OH excluding ortho intramolecular Hbond substituents is 1. The molecule has 1 aromatic carbocycles. The van der Waals surface area contributed by atoms with Gasteiger partial charge >= 0.3 is 0 Å². The predicted octanol–water partition coefficient (Wildman–Crippen LogP) is 3.47. The van der Waals surface area contributed by atoms with Gasteiger partial charge in [-0.3, -0.25) is 4.90 Å². The number of benzene rings is 1. The standard InChI is InChI=1S/C18H29NO3S/c1-18(2,3)15-11-14(13-19-9-7-5-6-8-10-19)17(20)16(12-15)23(4,21)22/h11-12,20H,5-10,13H2,1-4H3. The quantitative estimate of drug-likeness (QED) is 0.916. The minimum Gasteiger partial charge on any atom is -0.506 e. The van der Waals surface area contributed by atoms with Gasteiger partial charge in [0.15, 0.2) is 9.84 Å². The molecule has 0 aliphatic carbocycles. The summed E-state index contributed by atoms with van der Waals surface area (Å²) in [6, 6.07) is 3.59. The van der Waals surface area contributed by atoms with Gasteiger partial charge in [0.2, 0.25) is 0 Å². The van der Waals surface area contributed by atoms with Crippen molar-refractivity contribution >= 4 is 9.84 Å². The summed E-state index contributed by atoms with van der Waals surface area (Å²) in [4.78, 5) is 2.37. The first kappa shape index (κ1) is 18.3. The van der Waals surface area contributed by atoms with Gasteiger partial charge in [-0.25, -0.2) is 8.42 Å². The van der Waals surface area contributed by atoms with Crippen LogP contribution in [0.15, 0.2) is 17.0 Å². The Morgan fingerprint density at radius 3 is 2.13 bits per heavy atom. The van der Waals surface area contributed by atoms with Gasteiger partial charge in [-0.05, 0) is 43.0 Å². The van der Waals surface area contributed by atoms with Crippen molar-refractivity contribution in [2.75, 3.05) is 19.3 Å². The topological polar surface area (TPSA) is 57.6 Å². The van der Waals surface area contributed by atoms with Crippen LogP contribution in [0.25, 0.3) is 0 Å². The number of likely N-dealkylation sites (tertiary alicyclic amines) is 1. The highest BCUT2D eigenvalue weighted by Crippen LogP contribution is 2.34. The SMILES string of the molecule is CC(C)(C)c1cc(CN2CCCCCC2)c(O)c(S(C)(=O)=O)c1. The molecule has 1 aliphatic rings. The van der Waals surface area contributed by atoms with Crippen LogP contribution in [0.3, 0.4) is 0 Å². The Morgan fingerprint density at radius 2 is 1.65 bits per heavy atom. The lowest BCUT2D eigenvalue weighted by Gasteiger charge is -2.25. The fourth-order valence-electron chi connectivity index (χ4n) is 3.04. The Bertz CT molecular complexity index is 652. The molecule has 0 radical (unpaired) electrons. The fourth-order valence-corrected chi connectivity index (χ4v) is 3.86. The highest BCUT2D eigenvalue weighted by molar-refractivity contribution is 7.90. The first-order valence-electron chi connectivity index (χ1n) is 8.38. The minimum atomic E-state index is -3.46. The van der Waals surface area contributed by atoms with E-state index in [0.717, 1.165) is 30.5 Å². The van der Waals surface area contributed by atoms with Crippen LogP contribution >= 0.6 is 0 Å². The normalized spacial score (nSPS) is 17.9. The average molecular weight is 340 g/mol. The van der Waals surface area contributed by atoms with Gasteiger partial charge in [0.1, 0.15) is 10.6 Å². The van der Waals surface area contributed by atoms with Crippen LogP contribution < -0.4 is 0 Å². The van der Waals surface area contributed by atoms with E-state index in [0.29, 0.717) is 6.54 Å². The first-order valence-corrected chi connectivity index (χ1v) is 10.3. The van der Waals surface area contributed by atoms with Gasteiger partial charge in [-0.1, -0.05) is 39.7 Å². The molecule has 0 bridgehead atoms. The molecule has 0 unspecified atom stereocenters. The molecule has 5 heteroatoms. The van der Waals surface area contributed by atoms with Crippen LogP contribution in [0, 0.1) is 0 Å². The molecule has 0 spiro atoms. The third-order valence-electron chi connectivity index (χ3n) is 4.51. The lowest BCUT2D eigenvalue weighted by atomic mass is 9.86. The zero-order chi connectivity index (χ0) is 17.3. The van der Waals surface area contributed by atoms with Crippen molar-refractivity contribution in [3.8, 4) is 5.75 Å². The number of aromatic hydroxyl groups is 1. The van der Waals surface area contributed by atoms with Crippen LogP contribution in [0.2, 0.25) is 0 Å². The molecule has 1 saturated heterocycles. The Kier molecular flexibility index (Phi) is 5.41.